The van der Waals surface area contributed by atoms with E-state index in [9.17, 15) is 4.79 Å². The fraction of sp³-hybridized carbons (Fsp3) is 0.444. The molecule has 96 valence electrons. The number of aryl methyl sites for hydroxylation is 1. The molecular formula is C9H12BrN7O. The molecule has 9 heteroatoms. The van der Waals surface area contributed by atoms with Gasteiger partial charge in [-0.3, -0.25) is 4.79 Å². The van der Waals surface area contributed by atoms with Gasteiger partial charge in [-0.25, -0.2) is 4.68 Å². The maximum absolute atomic E-state index is 11.9. The van der Waals surface area contributed by atoms with Crippen LogP contribution in [0.4, 0.5) is 5.69 Å². The van der Waals surface area contributed by atoms with Crippen molar-refractivity contribution >= 4 is 21.6 Å². The largest absolute Gasteiger partial charge is 0.375 e. The highest BCUT2D eigenvalue weighted by Crippen LogP contribution is 2.16. The smallest absolute Gasteiger partial charge is 0.283 e. The third-order valence-electron chi connectivity index (χ3n) is 2.25. The van der Waals surface area contributed by atoms with Crippen LogP contribution in [0, 0.1) is 0 Å². The van der Waals surface area contributed by atoms with Crippen LogP contribution in [0.1, 0.15) is 19.2 Å². The van der Waals surface area contributed by atoms with Crippen LogP contribution in [-0.4, -0.2) is 30.4 Å². The number of hydrogen-bond donors (Lipinski definition) is 2. The van der Waals surface area contributed by atoms with Crippen molar-refractivity contribution in [3.05, 3.63) is 26.8 Å². The van der Waals surface area contributed by atoms with E-state index in [0.717, 1.165) is 6.42 Å². The van der Waals surface area contributed by atoms with E-state index >= 15 is 0 Å². The highest BCUT2D eigenvalue weighted by molar-refractivity contribution is 9.10. The molecule has 2 N–H and O–H groups in total. The molecule has 18 heavy (non-hydrogen) atoms. The summed E-state index contributed by atoms with van der Waals surface area (Å²) in [7, 11) is 0. The number of hydrogen-bond acceptors (Lipinski definition) is 6. The molecule has 0 aromatic carbocycles. The quantitative estimate of drug-likeness (QED) is 0.835. The first-order chi connectivity index (χ1) is 8.72. The lowest BCUT2D eigenvalue weighted by atomic mass is 10.4. The van der Waals surface area contributed by atoms with E-state index in [1.165, 1.54) is 4.68 Å². The molecule has 8 nitrogen and oxygen atoms in total. The molecular weight excluding hydrogens is 302 g/mol. The summed E-state index contributed by atoms with van der Waals surface area (Å²) in [5.74, 6) is 0.514. The van der Waals surface area contributed by atoms with Gasteiger partial charge in [-0.05, 0) is 22.4 Å². The van der Waals surface area contributed by atoms with Gasteiger partial charge in [0.15, 0.2) is 5.82 Å². The molecule has 0 saturated carbocycles. The van der Waals surface area contributed by atoms with Crippen molar-refractivity contribution < 1.29 is 0 Å². The van der Waals surface area contributed by atoms with E-state index in [-0.39, 0.29) is 5.56 Å². The van der Waals surface area contributed by atoms with Gasteiger partial charge in [-0.2, -0.15) is 10.3 Å². The summed E-state index contributed by atoms with van der Waals surface area (Å²) in [5, 5.41) is 20.5. The molecule has 0 spiro atoms. The minimum Gasteiger partial charge on any atom is -0.375 e. The zero-order chi connectivity index (χ0) is 13.0. The van der Waals surface area contributed by atoms with Gasteiger partial charge in [0, 0.05) is 6.54 Å². The molecule has 2 aromatic rings. The molecule has 0 amide bonds. The molecule has 2 heterocycles. The van der Waals surface area contributed by atoms with Crippen LogP contribution in [0.5, 0.6) is 0 Å². The van der Waals surface area contributed by atoms with Crippen LogP contribution in [0.25, 0.3) is 0 Å². The Labute approximate surface area is 111 Å². The number of halogens is 1. The third-order valence-corrected chi connectivity index (χ3v) is 3.01. The highest BCUT2D eigenvalue weighted by Gasteiger charge is 2.08. The van der Waals surface area contributed by atoms with E-state index < -0.39 is 0 Å². The normalized spacial score (nSPS) is 10.6. The Hall–Kier alpha value is -1.77. The third kappa shape index (κ3) is 2.73. The fourth-order valence-electron chi connectivity index (χ4n) is 1.39. The summed E-state index contributed by atoms with van der Waals surface area (Å²) in [4.78, 5) is 11.9. The second-order valence-electron chi connectivity index (χ2n) is 3.58. The number of aromatic nitrogens is 6. The van der Waals surface area contributed by atoms with Gasteiger partial charge >= 0.3 is 0 Å². The standard InChI is InChI=1S/C9H12BrN7O/c1-2-3-17-9(18)8(10)6(4-12-17)11-5-7-13-15-16-14-7/h4,11H,2-3,5H2,1H3,(H,13,14,15,16). The van der Waals surface area contributed by atoms with E-state index in [0.29, 0.717) is 29.1 Å². The van der Waals surface area contributed by atoms with E-state index in [1.807, 2.05) is 6.92 Å². The fourth-order valence-corrected chi connectivity index (χ4v) is 1.84. The topological polar surface area (TPSA) is 101 Å². The van der Waals surface area contributed by atoms with Gasteiger partial charge < -0.3 is 5.32 Å². The van der Waals surface area contributed by atoms with Gasteiger partial charge in [0.25, 0.3) is 5.56 Å². The predicted molar refractivity (Wildman–Crippen MR) is 68.0 cm³/mol. The van der Waals surface area contributed by atoms with Crippen molar-refractivity contribution in [1.82, 2.24) is 30.4 Å². The van der Waals surface area contributed by atoms with Crippen molar-refractivity contribution in [3.63, 3.8) is 0 Å². The Kier molecular flexibility index (Phi) is 4.03. The Bertz CT molecular complexity index is 565. The van der Waals surface area contributed by atoms with E-state index in [4.69, 9.17) is 0 Å². The van der Waals surface area contributed by atoms with Crippen LogP contribution in [0.15, 0.2) is 15.5 Å². The average Bonchev–Trinajstić information content (AvgIpc) is 2.87. The summed E-state index contributed by atoms with van der Waals surface area (Å²) in [6, 6.07) is 0. The van der Waals surface area contributed by atoms with Gasteiger partial charge in [0.05, 0.1) is 18.4 Å². The first kappa shape index (κ1) is 12.7. The molecule has 2 aromatic heterocycles. The van der Waals surface area contributed by atoms with Gasteiger partial charge in [-0.15, -0.1) is 10.2 Å². The van der Waals surface area contributed by atoms with Crippen LogP contribution >= 0.6 is 15.9 Å². The second-order valence-corrected chi connectivity index (χ2v) is 4.38. The SMILES string of the molecule is CCCn1ncc(NCc2nn[nH]n2)c(Br)c1=O. The molecule has 0 aliphatic rings. The number of tetrazole rings is 1. The van der Waals surface area contributed by atoms with Crippen molar-refractivity contribution in [3.8, 4) is 0 Å². The molecule has 0 aliphatic carbocycles. The molecule has 0 aliphatic heterocycles. The number of aromatic amines is 1. The van der Waals surface area contributed by atoms with Crippen LogP contribution in [-0.2, 0) is 13.1 Å². The van der Waals surface area contributed by atoms with Gasteiger partial charge in [0.1, 0.15) is 4.47 Å². The Morgan fingerprint density at radius 3 is 3.06 bits per heavy atom. The lowest BCUT2D eigenvalue weighted by Crippen LogP contribution is -2.24. The average molecular weight is 314 g/mol. The molecule has 0 bridgehead atoms. The summed E-state index contributed by atoms with van der Waals surface area (Å²) in [6.45, 7) is 2.96. The van der Waals surface area contributed by atoms with Crippen molar-refractivity contribution in [2.45, 2.75) is 26.4 Å². The van der Waals surface area contributed by atoms with Crippen LogP contribution < -0.4 is 10.9 Å². The maximum atomic E-state index is 11.9. The zero-order valence-corrected chi connectivity index (χ0v) is 11.3. The Balaban J connectivity index is 2.14. The highest BCUT2D eigenvalue weighted by atomic mass is 79.9. The number of H-pyrrole nitrogens is 1. The lowest BCUT2D eigenvalue weighted by Gasteiger charge is -2.08. The van der Waals surface area contributed by atoms with Gasteiger partial charge in [-0.1, -0.05) is 12.1 Å². The number of nitrogens with zero attached hydrogens (tertiary/aromatic N) is 5. The summed E-state index contributed by atoms with van der Waals surface area (Å²) in [6.07, 6.45) is 2.45. The molecule has 2 rings (SSSR count). The number of rotatable bonds is 5. The first-order valence-corrected chi connectivity index (χ1v) is 6.23. The zero-order valence-electron chi connectivity index (χ0n) is 9.72. The summed E-state index contributed by atoms with van der Waals surface area (Å²) >= 11 is 3.27. The number of anilines is 1. The monoisotopic (exact) mass is 313 g/mol. The molecule has 0 radical (unpaired) electrons. The van der Waals surface area contributed by atoms with E-state index in [2.05, 4.69) is 47.0 Å². The van der Waals surface area contributed by atoms with Crippen molar-refractivity contribution in [2.24, 2.45) is 0 Å². The molecule has 0 atom stereocenters. The van der Waals surface area contributed by atoms with Crippen LogP contribution in [0.2, 0.25) is 0 Å². The van der Waals surface area contributed by atoms with Crippen molar-refractivity contribution in [2.75, 3.05) is 5.32 Å². The number of nitrogens with one attached hydrogen (secondary N) is 2. The van der Waals surface area contributed by atoms with Crippen molar-refractivity contribution in [1.29, 1.82) is 0 Å². The second kappa shape index (κ2) is 5.71. The van der Waals surface area contributed by atoms with E-state index in [1.54, 1.807) is 6.20 Å². The predicted octanol–water partition coefficient (Wildman–Crippen LogP) is 0.541. The van der Waals surface area contributed by atoms with Crippen LogP contribution in [0.3, 0.4) is 0 Å². The summed E-state index contributed by atoms with van der Waals surface area (Å²) < 4.78 is 1.87. The Morgan fingerprint density at radius 2 is 2.39 bits per heavy atom. The Morgan fingerprint density at radius 1 is 1.56 bits per heavy atom. The van der Waals surface area contributed by atoms with Gasteiger partial charge in [0.2, 0.25) is 0 Å². The molecule has 0 unspecified atom stereocenters. The lowest BCUT2D eigenvalue weighted by molar-refractivity contribution is 0.566. The summed E-state index contributed by atoms with van der Waals surface area (Å²) in [5.41, 5.74) is 0.451. The first-order valence-electron chi connectivity index (χ1n) is 5.44. The molecule has 0 fully saturated rings. The minimum atomic E-state index is -0.157. The maximum Gasteiger partial charge on any atom is 0.283 e. The molecule has 0 saturated heterocycles. The minimum absolute atomic E-state index is 0.157.